The topological polar surface area (TPSA) is 88.4 Å². The summed E-state index contributed by atoms with van der Waals surface area (Å²) in [7, 11) is 0. The third kappa shape index (κ3) is 6.47. The van der Waals surface area contributed by atoms with Crippen LogP contribution in [0, 0.1) is 0 Å². The van der Waals surface area contributed by atoms with Crippen molar-refractivity contribution in [3.8, 4) is 0 Å². The van der Waals surface area contributed by atoms with Gasteiger partial charge < -0.3 is 29.5 Å². The van der Waals surface area contributed by atoms with Gasteiger partial charge in [0.25, 0.3) is 0 Å². The Kier molecular flexibility index (Phi) is 9.33. The van der Waals surface area contributed by atoms with Gasteiger partial charge in [0.2, 0.25) is 0 Å². The quantitative estimate of drug-likeness (QED) is 0.468. The van der Waals surface area contributed by atoms with E-state index in [-0.39, 0.29) is 13.2 Å². The van der Waals surface area contributed by atoms with E-state index in [9.17, 15) is 10.2 Å². The second-order valence-electron chi connectivity index (χ2n) is 5.15. The Morgan fingerprint density at radius 2 is 1.45 bits per heavy atom. The summed E-state index contributed by atoms with van der Waals surface area (Å²) in [5.41, 5.74) is -0.892. The van der Waals surface area contributed by atoms with Gasteiger partial charge >= 0.3 is 0 Å². The van der Waals surface area contributed by atoms with Crippen LogP contribution < -0.4 is 0 Å². The van der Waals surface area contributed by atoms with E-state index in [2.05, 4.69) is 0 Å². The van der Waals surface area contributed by atoms with Gasteiger partial charge in [-0.2, -0.15) is 0 Å². The molecule has 0 spiro atoms. The molecule has 1 saturated carbocycles. The number of rotatable bonds is 11. The minimum Gasteiger partial charge on any atom is -0.394 e. The maximum atomic E-state index is 10.5. The van der Waals surface area contributed by atoms with Crippen LogP contribution in [0.1, 0.15) is 32.1 Å². The molecular weight excluding hydrogens is 264 g/mol. The summed E-state index contributed by atoms with van der Waals surface area (Å²) >= 11 is 0. The van der Waals surface area contributed by atoms with Crippen molar-refractivity contribution in [2.45, 2.75) is 43.8 Å². The van der Waals surface area contributed by atoms with E-state index in [0.29, 0.717) is 45.9 Å². The van der Waals surface area contributed by atoms with E-state index in [1.807, 2.05) is 0 Å². The first-order chi connectivity index (χ1) is 9.73. The van der Waals surface area contributed by atoms with Gasteiger partial charge in [-0.1, -0.05) is 19.3 Å². The summed E-state index contributed by atoms with van der Waals surface area (Å²) in [5, 5.41) is 28.3. The Morgan fingerprint density at radius 3 is 2.05 bits per heavy atom. The summed E-state index contributed by atoms with van der Waals surface area (Å²) < 4.78 is 15.9. The first-order valence-electron chi connectivity index (χ1n) is 7.44. The molecule has 1 unspecified atom stereocenters. The SMILES string of the molecule is OCCOCCOCCOC(CO)C1(O)CCCCC1. The summed E-state index contributed by atoms with van der Waals surface area (Å²) in [6.07, 6.45) is 3.95. The highest BCUT2D eigenvalue weighted by Crippen LogP contribution is 2.32. The van der Waals surface area contributed by atoms with Crippen molar-refractivity contribution in [1.82, 2.24) is 0 Å². The molecule has 120 valence electrons. The highest BCUT2D eigenvalue weighted by molar-refractivity contribution is 4.89. The molecule has 1 aliphatic rings. The van der Waals surface area contributed by atoms with Crippen LogP contribution in [0.5, 0.6) is 0 Å². The molecule has 6 heteroatoms. The van der Waals surface area contributed by atoms with Crippen LogP contribution in [0.2, 0.25) is 0 Å². The van der Waals surface area contributed by atoms with Gasteiger partial charge in [-0.05, 0) is 12.8 Å². The van der Waals surface area contributed by atoms with Gasteiger partial charge in [-0.25, -0.2) is 0 Å². The van der Waals surface area contributed by atoms with Gasteiger partial charge in [0.15, 0.2) is 0 Å². The van der Waals surface area contributed by atoms with Crippen LogP contribution in [0.4, 0.5) is 0 Å². The fourth-order valence-electron chi connectivity index (χ4n) is 2.50. The van der Waals surface area contributed by atoms with Gasteiger partial charge in [-0.3, -0.25) is 0 Å². The van der Waals surface area contributed by atoms with E-state index in [1.165, 1.54) is 0 Å². The molecule has 1 aliphatic carbocycles. The molecule has 0 heterocycles. The van der Waals surface area contributed by atoms with Crippen LogP contribution in [0.15, 0.2) is 0 Å². The minimum absolute atomic E-state index is 0.0138. The molecule has 0 aromatic rings. The Bertz CT molecular complexity index is 230. The Morgan fingerprint density at radius 1 is 0.850 bits per heavy atom. The van der Waals surface area contributed by atoms with Crippen molar-refractivity contribution in [3.05, 3.63) is 0 Å². The van der Waals surface area contributed by atoms with E-state index >= 15 is 0 Å². The van der Waals surface area contributed by atoms with E-state index in [4.69, 9.17) is 19.3 Å². The zero-order valence-electron chi connectivity index (χ0n) is 12.1. The monoisotopic (exact) mass is 292 g/mol. The molecule has 1 atom stereocenters. The molecule has 0 radical (unpaired) electrons. The van der Waals surface area contributed by atoms with E-state index < -0.39 is 11.7 Å². The Hall–Kier alpha value is -0.240. The van der Waals surface area contributed by atoms with Gasteiger partial charge in [-0.15, -0.1) is 0 Å². The summed E-state index contributed by atoms with van der Waals surface area (Å²) in [6, 6.07) is 0. The Balaban J connectivity index is 2.09. The maximum Gasteiger partial charge on any atom is 0.109 e. The molecule has 0 aromatic carbocycles. The van der Waals surface area contributed by atoms with Gasteiger partial charge in [0.05, 0.1) is 51.8 Å². The third-order valence-electron chi connectivity index (χ3n) is 3.64. The van der Waals surface area contributed by atoms with Crippen LogP contribution in [0.25, 0.3) is 0 Å². The van der Waals surface area contributed by atoms with Crippen LogP contribution in [-0.4, -0.2) is 73.3 Å². The van der Waals surface area contributed by atoms with E-state index in [1.54, 1.807) is 0 Å². The van der Waals surface area contributed by atoms with Crippen molar-refractivity contribution in [1.29, 1.82) is 0 Å². The number of hydrogen-bond donors (Lipinski definition) is 3. The number of aliphatic hydroxyl groups is 3. The van der Waals surface area contributed by atoms with Crippen molar-refractivity contribution in [3.63, 3.8) is 0 Å². The Labute approximate surface area is 120 Å². The first-order valence-corrected chi connectivity index (χ1v) is 7.44. The lowest BCUT2D eigenvalue weighted by atomic mass is 9.81. The van der Waals surface area contributed by atoms with Crippen molar-refractivity contribution in [2.24, 2.45) is 0 Å². The standard InChI is InChI=1S/C14H28O6/c15-6-7-18-8-9-19-10-11-20-13(12-16)14(17)4-2-1-3-5-14/h13,15-17H,1-12H2. The van der Waals surface area contributed by atoms with Gasteiger partial charge in [0.1, 0.15) is 6.10 Å². The van der Waals surface area contributed by atoms with Crippen molar-refractivity contribution >= 4 is 0 Å². The molecule has 6 nitrogen and oxygen atoms in total. The summed E-state index contributed by atoms with van der Waals surface area (Å²) in [5.74, 6) is 0. The van der Waals surface area contributed by atoms with Crippen molar-refractivity contribution in [2.75, 3.05) is 46.2 Å². The lowest BCUT2D eigenvalue weighted by Crippen LogP contribution is -2.48. The fourth-order valence-corrected chi connectivity index (χ4v) is 2.50. The average molecular weight is 292 g/mol. The van der Waals surface area contributed by atoms with Crippen molar-refractivity contribution < 1.29 is 29.5 Å². The molecule has 0 aliphatic heterocycles. The lowest BCUT2D eigenvalue weighted by Gasteiger charge is -2.38. The van der Waals surface area contributed by atoms with Gasteiger partial charge in [0, 0.05) is 0 Å². The molecule has 0 saturated heterocycles. The highest BCUT2D eigenvalue weighted by atomic mass is 16.6. The average Bonchev–Trinajstić information content (AvgIpc) is 2.46. The smallest absolute Gasteiger partial charge is 0.109 e. The zero-order chi connectivity index (χ0) is 14.7. The third-order valence-corrected chi connectivity index (χ3v) is 3.64. The second kappa shape index (κ2) is 10.5. The summed E-state index contributed by atoms with van der Waals surface area (Å²) in [4.78, 5) is 0. The summed E-state index contributed by atoms with van der Waals surface area (Å²) in [6.45, 7) is 1.78. The number of aliphatic hydroxyl groups excluding tert-OH is 2. The molecule has 0 aromatic heterocycles. The largest absolute Gasteiger partial charge is 0.394 e. The van der Waals surface area contributed by atoms with Crippen LogP contribution in [-0.2, 0) is 14.2 Å². The predicted molar refractivity (Wildman–Crippen MR) is 73.6 cm³/mol. The second-order valence-corrected chi connectivity index (χ2v) is 5.15. The first kappa shape index (κ1) is 17.8. The van der Waals surface area contributed by atoms with E-state index in [0.717, 1.165) is 19.3 Å². The minimum atomic E-state index is -0.892. The highest BCUT2D eigenvalue weighted by Gasteiger charge is 2.38. The normalized spacial score (nSPS) is 19.9. The molecule has 1 fully saturated rings. The molecule has 0 amide bonds. The molecule has 0 bridgehead atoms. The molecule has 1 rings (SSSR count). The number of hydrogen-bond acceptors (Lipinski definition) is 6. The number of ether oxygens (including phenoxy) is 3. The molecule has 3 N–H and O–H groups in total. The fraction of sp³-hybridized carbons (Fsp3) is 1.00. The zero-order valence-corrected chi connectivity index (χ0v) is 12.1. The van der Waals surface area contributed by atoms with Crippen LogP contribution in [0.3, 0.4) is 0 Å². The molecule has 20 heavy (non-hydrogen) atoms. The predicted octanol–water partition coefficient (Wildman–Crippen LogP) is 0.0846. The maximum absolute atomic E-state index is 10.5. The molecular formula is C14H28O6. The van der Waals surface area contributed by atoms with Crippen LogP contribution >= 0.6 is 0 Å². The lowest BCUT2D eigenvalue weighted by molar-refractivity contribution is -0.148.